The molecule has 0 spiro atoms. The van der Waals surface area contributed by atoms with Crippen LogP contribution in [0.3, 0.4) is 0 Å². The second-order valence-corrected chi connectivity index (χ2v) is 8.06. The maximum Gasteiger partial charge on any atom is 0.224 e. The number of anilines is 1. The lowest BCUT2D eigenvalue weighted by Gasteiger charge is -2.06. The van der Waals surface area contributed by atoms with Crippen LogP contribution in [0.1, 0.15) is 13.3 Å². The third kappa shape index (κ3) is 3.78. The number of aromatic nitrogens is 7. The molecule has 1 aromatic carbocycles. The average Bonchev–Trinajstić information content (AvgIpc) is 3.53. The zero-order valence-electron chi connectivity index (χ0n) is 18.8. The van der Waals surface area contributed by atoms with Crippen molar-refractivity contribution in [1.82, 2.24) is 35.1 Å². The fraction of sp³-hybridized carbons (Fsp3) is 0.0769. The quantitative estimate of drug-likeness (QED) is 0.333. The normalized spacial score (nSPS) is 11.2. The number of H-pyrrole nitrogens is 2. The first-order valence-corrected chi connectivity index (χ1v) is 11.2. The predicted octanol–water partition coefficient (Wildman–Crippen LogP) is 4.97. The SMILES string of the molecule is CCC(=O)Nc1cncc(-c2ccc3[nH]nc(-c4nc5c(-c6cccnc6)cccc5[nH]4)c3n2)c1. The fourth-order valence-electron chi connectivity index (χ4n) is 4.02. The smallest absolute Gasteiger partial charge is 0.224 e. The lowest BCUT2D eigenvalue weighted by molar-refractivity contribution is -0.115. The molecule has 35 heavy (non-hydrogen) atoms. The molecule has 9 nitrogen and oxygen atoms in total. The van der Waals surface area contributed by atoms with Crippen molar-refractivity contribution in [1.29, 1.82) is 0 Å². The van der Waals surface area contributed by atoms with Crippen molar-refractivity contribution in [2.24, 2.45) is 0 Å². The van der Waals surface area contributed by atoms with Gasteiger partial charge >= 0.3 is 0 Å². The van der Waals surface area contributed by atoms with E-state index in [4.69, 9.17) is 9.97 Å². The Morgan fingerprint density at radius 3 is 2.69 bits per heavy atom. The van der Waals surface area contributed by atoms with Gasteiger partial charge in [-0.2, -0.15) is 5.10 Å². The van der Waals surface area contributed by atoms with Gasteiger partial charge in [-0.25, -0.2) is 9.97 Å². The molecule has 0 atom stereocenters. The largest absolute Gasteiger partial charge is 0.336 e. The number of para-hydroxylation sites is 1. The molecule has 5 heterocycles. The number of carbonyl (C=O) groups is 1. The van der Waals surface area contributed by atoms with Crippen molar-refractivity contribution >= 4 is 33.7 Å². The highest BCUT2D eigenvalue weighted by Crippen LogP contribution is 2.31. The van der Waals surface area contributed by atoms with Crippen LogP contribution in [0, 0.1) is 0 Å². The Hall–Kier alpha value is -4.92. The fourth-order valence-corrected chi connectivity index (χ4v) is 4.02. The average molecular weight is 461 g/mol. The maximum atomic E-state index is 11.8. The Labute approximate surface area is 199 Å². The van der Waals surface area contributed by atoms with E-state index in [2.05, 4.69) is 30.5 Å². The summed E-state index contributed by atoms with van der Waals surface area (Å²) in [6, 6.07) is 15.6. The van der Waals surface area contributed by atoms with Gasteiger partial charge in [0, 0.05) is 41.7 Å². The van der Waals surface area contributed by atoms with Crippen LogP contribution in [0.2, 0.25) is 0 Å². The summed E-state index contributed by atoms with van der Waals surface area (Å²) in [6.45, 7) is 1.81. The second-order valence-electron chi connectivity index (χ2n) is 8.06. The zero-order chi connectivity index (χ0) is 23.8. The van der Waals surface area contributed by atoms with Crippen LogP contribution in [0.25, 0.3) is 56.0 Å². The Morgan fingerprint density at radius 1 is 0.914 bits per heavy atom. The van der Waals surface area contributed by atoms with Gasteiger partial charge in [-0.05, 0) is 30.3 Å². The molecule has 0 radical (unpaired) electrons. The lowest BCUT2D eigenvalue weighted by Crippen LogP contribution is -2.09. The minimum atomic E-state index is -0.0694. The van der Waals surface area contributed by atoms with E-state index in [0.29, 0.717) is 34.8 Å². The van der Waals surface area contributed by atoms with Crippen LogP contribution >= 0.6 is 0 Å². The Morgan fingerprint density at radius 2 is 1.83 bits per heavy atom. The minimum absolute atomic E-state index is 0.0694. The number of nitrogens with zero attached hydrogens (tertiary/aromatic N) is 5. The first-order valence-electron chi connectivity index (χ1n) is 11.2. The summed E-state index contributed by atoms with van der Waals surface area (Å²) in [5.41, 5.74) is 7.96. The molecule has 5 aromatic heterocycles. The third-order valence-corrected chi connectivity index (χ3v) is 5.76. The van der Waals surface area contributed by atoms with Gasteiger partial charge < -0.3 is 10.3 Å². The second kappa shape index (κ2) is 8.45. The predicted molar refractivity (Wildman–Crippen MR) is 134 cm³/mol. The van der Waals surface area contributed by atoms with Gasteiger partial charge in [0.25, 0.3) is 0 Å². The standard InChI is InChI=1S/C26H20N8O/c1-2-22(35)29-17-11-16(13-28-14-17)19-8-9-21-24(30-19)25(34-33-21)26-31-20-7-3-6-18(23(20)32-26)15-5-4-10-27-12-15/h3-14H,2H2,1H3,(H,29,35)(H,31,32)(H,33,34). The number of imidazole rings is 1. The number of nitrogens with one attached hydrogen (secondary N) is 3. The molecule has 0 unspecified atom stereocenters. The van der Waals surface area contributed by atoms with E-state index in [1.165, 1.54) is 0 Å². The lowest BCUT2D eigenvalue weighted by atomic mass is 10.1. The summed E-state index contributed by atoms with van der Waals surface area (Å²) in [7, 11) is 0. The molecular formula is C26H20N8O. The number of carbonyl (C=O) groups excluding carboxylic acids is 1. The molecule has 0 aliphatic heterocycles. The van der Waals surface area contributed by atoms with Gasteiger partial charge in [-0.15, -0.1) is 0 Å². The Kier molecular flexibility index (Phi) is 4.99. The Bertz CT molecular complexity index is 1690. The molecule has 0 fully saturated rings. The number of benzene rings is 1. The number of pyridine rings is 3. The van der Waals surface area contributed by atoms with Crippen molar-refractivity contribution in [2.45, 2.75) is 13.3 Å². The first-order chi connectivity index (χ1) is 17.2. The van der Waals surface area contributed by atoms with Crippen molar-refractivity contribution in [3.63, 3.8) is 0 Å². The molecule has 9 heteroatoms. The van der Waals surface area contributed by atoms with Crippen molar-refractivity contribution in [3.05, 3.63) is 73.3 Å². The van der Waals surface area contributed by atoms with E-state index in [1.54, 1.807) is 25.5 Å². The van der Waals surface area contributed by atoms with Crippen LogP contribution in [0.15, 0.2) is 73.3 Å². The first kappa shape index (κ1) is 20.7. The zero-order valence-corrected chi connectivity index (χ0v) is 18.8. The molecule has 6 rings (SSSR count). The van der Waals surface area contributed by atoms with Gasteiger partial charge in [0.15, 0.2) is 11.5 Å². The van der Waals surface area contributed by atoms with E-state index in [0.717, 1.165) is 33.2 Å². The highest BCUT2D eigenvalue weighted by molar-refractivity contribution is 5.96. The van der Waals surface area contributed by atoms with E-state index in [-0.39, 0.29) is 5.91 Å². The van der Waals surface area contributed by atoms with Gasteiger partial charge in [-0.3, -0.25) is 19.9 Å². The number of amides is 1. The van der Waals surface area contributed by atoms with Crippen molar-refractivity contribution in [2.75, 3.05) is 5.32 Å². The monoisotopic (exact) mass is 460 g/mol. The molecule has 0 bridgehead atoms. The van der Waals surface area contributed by atoms with Gasteiger partial charge in [-0.1, -0.05) is 25.1 Å². The van der Waals surface area contributed by atoms with Crippen LogP contribution in [0.4, 0.5) is 5.69 Å². The highest BCUT2D eigenvalue weighted by atomic mass is 16.1. The molecule has 1 amide bonds. The Balaban J connectivity index is 1.43. The van der Waals surface area contributed by atoms with Gasteiger partial charge in [0.2, 0.25) is 5.91 Å². The van der Waals surface area contributed by atoms with Crippen LogP contribution in [0.5, 0.6) is 0 Å². The summed E-state index contributed by atoms with van der Waals surface area (Å²) in [5, 5.41) is 10.4. The molecular weight excluding hydrogens is 440 g/mol. The maximum absolute atomic E-state index is 11.8. The molecule has 0 saturated carbocycles. The summed E-state index contributed by atoms with van der Waals surface area (Å²) < 4.78 is 0. The topological polar surface area (TPSA) is 125 Å². The summed E-state index contributed by atoms with van der Waals surface area (Å²) >= 11 is 0. The van der Waals surface area contributed by atoms with Gasteiger partial charge in [0.1, 0.15) is 5.52 Å². The summed E-state index contributed by atoms with van der Waals surface area (Å²) in [6.07, 6.45) is 7.31. The summed E-state index contributed by atoms with van der Waals surface area (Å²) in [4.78, 5) is 33.4. The number of hydrogen-bond donors (Lipinski definition) is 3. The van der Waals surface area contributed by atoms with Crippen LogP contribution < -0.4 is 5.32 Å². The molecule has 0 saturated heterocycles. The molecule has 3 N–H and O–H groups in total. The van der Waals surface area contributed by atoms with E-state index < -0.39 is 0 Å². The van der Waals surface area contributed by atoms with E-state index >= 15 is 0 Å². The van der Waals surface area contributed by atoms with Crippen LogP contribution in [-0.4, -0.2) is 41.0 Å². The third-order valence-electron chi connectivity index (χ3n) is 5.76. The van der Waals surface area contributed by atoms with Crippen LogP contribution in [-0.2, 0) is 4.79 Å². The number of rotatable bonds is 5. The van der Waals surface area contributed by atoms with Crippen molar-refractivity contribution < 1.29 is 4.79 Å². The van der Waals surface area contributed by atoms with Gasteiger partial charge in [0.05, 0.1) is 34.1 Å². The minimum Gasteiger partial charge on any atom is -0.336 e. The summed E-state index contributed by atoms with van der Waals surface area (Å²) in [5.74, 6) is 0.550. The number of hydrogen-bond acceptors (Lipinski definition) is 6. The van der Waals surface area contributed by atoms with Crippen molar-refractivity contribution in [3.8, 4) is 33.9 Å². The highest BCUT2D eigenvalue weighted by Gasteiger charge is 2.17. The van der Waals surface area contributed by atoms with E-state index in [9.17, 15) is 4.79 Å². The number of fused-ring (bicyclic) bond motifs is 2. The molecule has 0 aliphatic rings. The molecule has 6 aromatic rings. The molecule has 170 valence electrons. The number of aromatic amines is 2. The molecule has 0 aliphatic carbocycles. The van der Waals surface area contributed by atoms with E-state index in [1.807, 2.05) is 54.7 Å².